The van der Waals surface area contributed by atoms with Gasteiger partial charge >= 0.3 is 0 Å². The van der Waals surface area contributed by atoms with Gasteiger partial charge in [-0.3, -0.25) is 0 Å². The second-order valence-corrected chi connectivity index (χ2v) is 7.99. The van der Waals surface area contributed by atoms with Crippen LogP contribution in [-0.2, 0) is 0 Å². The van der Waals surface area contributed by atoms with E-state index in [-0.39, 0.29) is 12.1 Å². The molecular formula is C23H20BrN3O. The van der Waals surface area contributed by atoms with E-state index in [1.807, 2.05) is 12.1 Å². The number of benzene rings is 3. The normalized spacial score (nSPS) is 18.5. The number of nitrogens with zero attached hydrogens (tertiary/aromatic N) is 2. The summed E-state index contributed by atoms with van der Waals surface area (Å²) in [6.07, 6.45) is 0.933. The molecule has 3 aromatic carbocycles. The molecule has 4 aromatic rings. The molecule has 0 amide bonds. The van der Waals surface area contributed by atoms with Gasteiger partial charge in [0.15, 0.2) is 0 Å². The smallest absolute Gasteiger partial charge is 0.204 e. The van der Waals surface area contributed by atoms with Gasteiger partial charge in [-0.1, -0.05) is 52.3 Å². The highest BCUT2D eigenvalue weighted by atomic mass is 79.9. The van der Waals surface area contributed by atoms with Gasteiger partial charge in [0.25, 0.3) is 0 Å². The molecule has 0 spiro atoms. The van der Waals surface area contributed by atoms with E-state index in [4.69, 9.17) is 9.72 Å². The summed E-state index contributed by atoms with van der Waals surface area (Å²) < 4.78 is 8.89. The number of anilines is 1. The van der Waals surface area contributed by atoms with E-state index in [0.29, 0.717) is 0 Å². The number of nitrogens with one attached hydrogen (secondary N) is 1. The van der Waals surface area contributed by atoms with Gasteiger partial charge in [-0.15, -0.1) is 0 Å². The van der Waals surface area contributed by atoms with Crippen LogP contribution in [0.15, 0.2) is 77.3 Å². The topological polar surface area (TPSA) is 39.1 Å². The number of rotatable bonds is 3. The molecule has 0 unspecified atom stereocenters. The number of fused-ring (bicyclic) bond motifs is 3. The fraction of sp³-hybridized carbons (Fsp3) is 0.174. The van der Waals surface area contributed by atoms with Crippen molar-refractivity contribution < 1.29 is 4.74 Å². The molecule has 1 aliphatic heterocycles. The lowest BCUT2D eigenvalue weighted by atomic mass is 9.93. The summed E-state index contributed by atoms with van der Waals surface area (Å²) in [7, 11) is 1.71. The maximum Gasteiger partial charge on any atom is 0.204 e. The SMILES string of the molecule is COc1cccc([C@@H]2C[C@H](c3ccc(Br)cc3)Nc3nc4ccccc4n32)c1. The predicted molar refractivity (Wildman–Crippen MR) is 116 cm³/mol. The van der Waals surface area contributed by atoms with Crippen molar-refractivity contribution in [1.82, 2.24) is 9.55 Å². The third-order valence-corrected chi connectivity index (χ3v) is 5.95. The van der Waals surface area contributed by atoms with Crippen LogP contribution in [0, 0.1) is 0 Å². The number of imidazole rings is 1. The number of hydrogen-bond donors (Lipinski definition) is 1. The Morgan fingerprint density at radius 1 is 1.00 bits per heavy atom. The average Bonchev–Trinajstić information content (AvgIpc) is 3.12. The number of methoxy groups -OCH3 is 1. The van der Waals surface area contributed by atoms with Gasteiger partial charge in [-0.2, -0.15) is 0 Å². The second kappa shape index (κ2) is 6.99. The first-order valence-electron chi connectivity index (χ1n) is 9.36. The average molecular weight is 434 g/mol. The minimum absolute atomic E-state index is 0.174. The summed E-state index contributed by atoms with van der Waals surface area (Å²) >= 11 is 3.53. The Morgan fingerprint density at radius 3 is 2.64 bits per heavy atom. The van der Waals surface area contributed by atoms with Crippen LogP contribution < -0.4 is 10.1 Å². The molecule has 0 radical (unpaired) electrons. The number of hydrogen-bond acceptors (Lipinski definition) is 3. The highest BCUT2D eigenvalue weighted by molar-refractivity contribution is 9.10. The molecule has 140 valence electrons. The maximum absolute atomic E-state index is 5.48. The Balaban J connectivity index is 1.66. The number of halogens is 1. The lowest BCUT2D eigenvalue weighted by Crippen LogP contribution is -2.27. The summed E-state index contributed by atoms with van der Waals surface area (Å²) in [5.74, 6) is 1.79. The van der Waals surface area contributed by atoms with E-state index in [2.05, 4.69) is 86.5 Å². The fourth-order valence-electron chi connectivity index (χ4n) is 4.05. The van der Waals surface area contributed by atoms with Crippen molar-refractivity contribution in [2.45, 2.75) is 18.5 Å². The molecule has 5 rings (SSSR count). The summed E-state index contributed by atoms with van der Waals surface area (Å²) in [4.78, 5) is 4.88. The van der Waals surface area contributed by atoms with E-state index < -0.39 is 0 Å². The molecule has 1 aliphatic rings. The van der Waals surface area contributed by atoms with Gasteiger partial charge < -0.3 is 14.6 Å². The number of para-hydroxylation sites is 2. The van der Waals surface area contributed by atoms with Crippen LogP contribution in [0.2, 0.25) is 0 Å². The van der Waals surface area contributed by atoms with E-state index in [0.717, 1.165) is 33.6 Å². The van der Waals surface area contributed by atoms with Crippen LogP contribution in [0.25, 0.3) is 11.0 Å². The Bertz CT molecular complexity index is 1140. The van der Waals surface area contributed by atoms with Gasteiger partial charge in [-0.25, -0.2) is 4.98 Å². The van der Waals surface area contributed by atoms with Crippen LogP contribution in [0.1, 0.15) is 29.6 Å². The minimum Gasteiger partial charge on any atom is -0.497 e. The Hall–Kier alpha value is -2.79. The maximum atomic E-state index is 5.48. The summed E-state index contributed by atoms with van der Waals surface area (Å²) in [5.41, 5.74) is 4.64. The van der Waals surface area contributed by atoms with Crippen LogP contribution in [0.5, 0.6) is 5.75 Å². The zero-order chi connectivity index (χ0) is 19.1. The van der Waals surface area contributed by atoms with Gasteiger partial charge in [0.05, 0.1) is 30.2 Å². The summed E-state index contributed by atoms with van der Waals surface area (Å²) in [6.45, 7) is 0. The first-order valence-corrected chi connectivity index (χ1v) is 10.1. The number of aromatic nitrogens is 2. The molecule has 0 saturated heterocycles. The van der Waals surface area contributed by atoms with Crippen LogP contribution >= 0.6 is 15.9 Å². The largest absolute Gasteiger partial charge is 0.497 e. The Morgan fingerprint density at radius 2 is 1.82 bits per heavy atom. The first kappa shape index (κ1) is 17.3. The third-order valence-electron chi connectivity index (χ3n) is 5.42. The molecule has 2 heterocycles. The standard InChI is InChI=1S/C23H20BrN3O/c1-28-18-6-4-5-16(13-18)22-14-20(15-9-11-17(24)12-10-15)26-23-25-19-7-2-3-8-21(19)27(22)23/h2-13,20,22H,14H2,1H3,(H,25,26)/t20-,22+/m1/s1. The molecule has 28 heavy (non-hydrogen) atoms. The van der Waals surface area contributed by atoms with E-state index in [1.54, 1.807) is 7.11 Å². The van der Waals surface area contributed by atoms with Gasteiger partial charge in [0.2, 0.25) is 5.95 Å². The Labute approximate surface area is 172 Å². The predicted octanol–water partition coefficient (Wildman–Crippen LogP) is 5.95. The first-order chi connectivity index (χ1) is 13.7. The number of ether oxygens (including phenoxy) is 1. The lowest BCUT2D eigenvalue weighted by molar-refractivity contribution is 0.411. The monoisotopic (exact) mass is 433 g/mol. The molecule has 2 atom stereocenters. The van der Waals surface area contributed by atoms with Gasteiger partial charge in [0, 0.05) is 4.47 Å². The molecule has 1 N–H and O–H groups in total. The van der Waals surface area contributed by atoms with Crippen molar-refractivity contribution in [2.75, 3.05) is 12.4 Å². The third kappa shape index (κ3) is 2.96. The molecule has 0 aliphatic carbocycles. The molecule has 0 fully saturated rings. The summed E-state index contributed by atoms with van der Waals surface area (Å²) in [5, 5.41) is 3.66. The van der Waals surface area contributed by atoms with Crippen molar-refractivity contribution in [3.05, 3.63) is 88.4 Å². The van der Waals surface area contributed by atoms with Gasteiger partial charge in [-0.05, 0) is 53.9 Å². The van der Waals surface area contributed by atoms with Crippen molar-refractivity contribution >= 4 is 32.9 Å². The van der Waals surface area contributed by atoms with Crippen LogP contribution in [0.3, 0.4) is 0 Å². The minimum atomic E-state index is 0.174. The van der Waals surface area contributed by atoms with Crippen LogP contribution in [0.4, 0.5) is 5.95 Å². The molecule has 0 saturated carbocycles. The highest BCUT2D eigenvalue weighted by Gasteiger charge is 2.31. The van der Waals surface area contributed by atoms with E-state index >= 15 is 0 Å². The zero-order valence-corrected chi connectivity index (χ0v) is 17.1. The molecule has 4 nitrogen and oxygen atoms in total. The second-order valence-electron chi connectivity index (χ2n) is 7.07. The fourth-order valence-corrected chi connectivity index (χ4v) is 4.32. The Kier molecular flexibility index (Phi) is 4.32. The van der Waals surface area contributed by atoms with Crippen molar-refractivity contribution in [2.24, 2.45) is 0 Å². The van der Waals surface area contributed by atoms with Crippen molar-refractivity contribution in [3.63, 3.8) is 0 Å². The zero-order valence-electron chi connectivity index (χ0n) is 15.5. The molecular weight excluding hydrogens is 414 g/mol. The summed E-state index contributed by atoms with van der Waals surface area (Å²) in [6, 6.07) is 25.6. The van der Waals surface area contributed by atoms with Crippen molar-refractivity contribution in [1.29, 1.82) is 0 Å². The highest BCUT2D eigenvalue weighted by Crippen LogP contribution is 2.41. The quantitative estimate of drug-likeness (QED) is 0.433. The molecule has 5 heteroatoms. The van der Waals surface area contributed by atoms with E-state index in [1.165, 1.54) is 11.1 Å². The van der Waals surface area contributed by atoms with E-state index in [9.17, 15) is 0 Å². The molecule has 1 aromatic heterocycles. The molecule has 0 bridgehead atoms. The van der Waals surface area contributed by atoms with Gasteiger partial charge in [0.1, 0.15) is 5.75 Å². The van der Waals surface area contributed by atoms with Crippen molar-refractivity contribution in [3.8, 4) is 5.75 Å². The van der Waals surface area contributed by atoms with Crippen LogP contribution in [-0.4, -0.2) is 16.7 Å². The lowest BCUT2D eigenvalue weighted by Gasteiger charge is -2.33.